The van der Waals surface area contributed by atoms with E-state index < -0.39 is 43.5 Å². The van der Waals surface area contributed by atoms with Gasteiger partial charge in [0.05, 0.1) is 18.1 Å². The lowest BCUT2D eigenvalue weighted by atomic mass is 10.1. The Morgan fingerprint density at radius 3 is 2.57 bits per heavy atom. The minimum Gasteiger partial charge on any atom is -0.508 e. The van der Waals surface area contributed by atoms with Crippen LogP contribution in [-0.2, 0) is 17.7 Å². The summed E-state index contributed by atoms with van der Waals surface area (Å²) in [5, 5.41) is 31.9. The Kier molecular flexibility index (Phi) is 7.47. The molecule has 2 aromatic rings. The average Bonchev–Trinajstić information content (AvgIpc) is 2.81. The van der Waals surface area contributed by atoms with Gasteiger partial charge in [0.2, 0.25) is 0 Å². The van der Waals surface area contributed by atoms with E-state index in [2.05, 4.69) is 5.32 Å². The van der Waals surface area contributed by atoms with Crippen molar-refractivity contribution in [3.8, 4) is 5.75 Å². The summed E-state index contributed by atoms with van der Waals surface area (Å²) < 4.78 is 68.6. The van der Waals surface area contributed by atoms with E-state index in [1.165, 1.54) is 5.56 Å². The van der Waals surface area contributed by atoms with Crippen LogP contribution >= 0.6 is 0 Å². The molecule has 5 nitrogen and oxygen atoms in total. The van der Waals surface area contributed by atoms with Crippen molar-refractivity contribution in [2.24, 2.45) is 0 Å². The van der Waals surface area contributed by atoms with E-state index >= 15 is 0 Å². The summed E-state index contributed by atoms with van der Waals surface area (Å²) in [7, 11) is 0. The zero-order chi connectivity index (χ0) is 28.6. The lowest BCUT2D eigenvalue weighted by Gasteiger charge is -2.14. The first-order valence-electron chi connectivity index (χ1n) is 14.2. The maximum atomic E-state index is 10.5. The van der Waals surface area contributed by atoms with Crippen molar-refractivity contribution >= 4 is 0 Å². The molecule has 166 valence electrons. The van der Waals surface area contributed by atoms with Gasteiger partial charge in [-0.25, -0.2) is 0 Å². The van der Waals surface area contributed by atoms with Gasteiger partial charge in [0, 0.05) is 30.7 Å². The number of phenols is 1. The molecule has 0 fully saturated rings. The standard InChI is InChI=1S/C25H37NO4/c27-20-23-18-22(13-14-24(23)28)25(29)19-26-15-7-1-2-8-16-30-17-9-6-12-21-10-4-3-5-11-21/h3-5,10-11,13-14,18,25-29H,1-2,6-9,12,15-17,19-20H2/i15D2,16D2,19D2,20D2. The van der Waals surface area contributed by atoms with Crippen LogP contribution in [0.25, 0.3) is 0 Å². The fraction of sp³-hybridized carbons (Fsp3) is 0.520. The van der Waals surface area contributed by atoms with Gasteiger partial charge in [-0.3, -0.25) is 0 Å². The normalized spacial score (nSPS) is 18.1. The van der Waals surface area contributed by atoms with Crippen molar-refractivity contribution in [2.75, 3.05) is 26.2 Å². The fourth-order valence-electron chi connectivity index (χ4n) is 2.78. The highest BCUT2D eigenvalue weighted by Gasteiger charge is 2.09. The smallest absolute Gasteiger partial charge is 0.121 e. The van der Waals surface area contributed by atoms with E-state index in [-0.39, 0.29) is 31.4 Å². The summed E-state index contributed by atoms with van der Waals surface area (Å²) >= 11 is 0. The van der Waals surface area contributed by atoms with E-state index in [9.17, 15) is 15.3 Å². The molecular formula is C25H37NO4. The first-order valence-corrected chi connectivity index (χ1v) is 10.2. The van der Waals surface area contributed by atoms with Crippen molar-refractivity contribution < 1.29 is 31.0 Å². The van der Waals surface area contributed by atoms with Crippen LogP contribution in [0.3, 0.4) is 0 Å². The molecule has 1 unspecified atom stereocenters. The van der Waals surface area contributed by atoms with Crippen LogP contribution < -0.4 is 5.32 Å². The van der Waals surface area contributed by atoms with Crippen molar-refractivity contribution in [1.82, 2.24) is 5.32 Å². The van der Waals surface area contributed by atoms with Crippen LogP contribution in [0.5, 0.6) is 5.75 Å². The molecule has 0 spiro atoms. The van der Waals surface area contributed by atoms with Gasteiger partial charge in [0.15, 0.2) is 0 Å². The summed E-state index contributed by atoms with van der Waals surface area (Å²) in [5.41, 5.74) is 0.495. The molecule has 0 aliphatic heterocycles. The van der Waals surface area contributed by atoms with Crippen LogP contribution in [0.15, 0.2) is 48.5 Å². The molecule has 30 heavy (non-hydrogen) atoms. The number of hydrogen-bond donors (Lipinski definition) is 4. The third-order valence-corrected chi connectivity index (χ3v) is 4.49. The molecule has 0 bridgehead atoms. The number of aliphatic hydroxyl groups excluding tert-OH is 1. The molecule has 0 aliphatic carbocycles. The second-order valence-electron chi connectivity index (χ2n) is 6.88. The van der Waals surface area contributed by atoms with Gasteiger partial charge in [-0.15, -0.1) is 0 Å². The number of rotatable bonds is 16. The Morgan fingerprint density at radius 2 is 1.77 bits per heavy atom. The number of aryl methyl sites for hydroxylation is 1. The molecule has 1 atom stereocenters. The van der Waals surface area contributed by atoms with E-state index in [4.69, 9.17) is 15.7 Å². The van der Waals surface area contributed by atoms with Gasteiger partial charge in [-0.1, -0.05) is 49.2 Å². The fourth-order valence-corrected chi connectivity index (χ4v) is 2.78. The first kappa shape index (κ1) is 15.0. The molecule has 0 radical (unpaired) electrons. The molecular weight excluding hydrogens is 378 g/mol. The summed E-state index contributed by atoms with van der Waals surface area (Å²) in [5.74, 6) is -0.576. The summed E-state index contributed by atoms with van der Waals surface area (Å²) in [4.78, 5) is 0. The van der Waals surface area contributed by atoms with Gasteiger partial charge in [-0.2, -0.15) is 0 Å². The monoisotopic (exact) mass is 423 g/mol. The molecule has 0 heterocycles. The van der Waals surface area contributed by atoms with Crippen LogP contribution in [-0.4, -0.2) is 41.5 Å². The number of aliphatic hydroxyl groups is 2. The number of aromatic hydroxyl groups is 1. The van der Waals surface area contributed by atoms with Crippen LogP contribution in [0.1, 0.15) is 72.3 Å². The zero-order valence-corrected chi connectivity index (χ0v) is 17.1. The minimum atomic E-state index is -2.93. The van der Waals surface area contributed by atoms with Gasteiger partial charge in [0.25, 0.3) is 0 Å². The van der Waals surface area contributed by atoms with Crippen LogP contribution in [0.4, 0.5) is 0 Å². The third kappa shape index (κ3) is 9.72. The van der Waals surface area contributed by atoms with Gasteiger partial charge < -0.3 is 25.4 Å². The summed E-state index contributed by atoms with van der Waals surface area (Å²) in [6.07, 6.45) is 0.963. The van der Waals surface area contributed by atoms with E-state index in [1.54, 1.807) is 0 Å². The molecule has 0 amide bonds. The molecule has 2 rings (SSSR count). The second-order valence-corrected chi connectivity index (χ2v) is 6.88. The summed E-state index contributed by atoms with van der Waals surface area (Å²) in [6.45, 7) is -9.44. The quantitative estimate of drug-likeness (QED) is 0.306. The Morgan fingerprint density at radius 1 is 0.967 bits per heavy atom. The van der Waals surface area contributed by atoms with Crippen LogP contribution in [0, 0.1) is 0 Å². The Hall–Kier alpha value is -1.92. The van der Waals surface area contributed by atoms with E-state index in [1.807, 2.05) is 30.3 Å². The highest BCUT2D eigenvalue weighted by atomic mass is 16.5. The summed E-state index contributed by atoms with van der Waals surface area (Å²) in [6, 6.07) is 13.1. The minimum absolute atomic E-state index is 0.0523. The maximum Gasteiger partial charge on any atom is 0.121 e. The number of nitrogens with one attached hydrogen (secondary N) is 1. The molecule has 0 saturated carbocycles. The van der Waals surface area contributed by atoms with E-state index in [0.29, 0.717) is 12.8 Å². The third-order valence-electron chi connectivity index (χ3n) is 4.49. The largest absolute Gasteiger partial charge is 0.508 e. The van der Waals surface area contributed by atoms with Gasteiger partial charge in [0.1, 0.15) is 5.75 Å². The highest BCUT2D eigenvalue weighted by Crippen LogP contribution is 2.22. The molecule has 4 N–H and O–H groups in total. The molecule has 2 aromatic carbocycles. The predicted molar refractivity (Wildman–Crippen MR) is 121 cm³/mol. The van der Waals surface area contributed by atoms with E-state index in [0.717, 1.165) is 31.0 Å². The Balaban J connectivity index is 1.78. The van der Waals surface area contributed by atoms with Crippen molar-refractivity contribution in [3.05, 3.63) is 65.2 Å². The van der Waals surface area contributed by atoms with Crippen molar-refractivity contribution in [1.29, 1.82) is 0 Å². The number of benzene rings is 2. The lowest BCUT2D eigenvalue weighted by molar-refractivity contribution is 0.126. The number of ether oxygens (including phenoxy) is 1. The molecule has 0 aromatic heterocycles. The number of unbranched alkanes of at least 4 members (excludes halogenated alkanes) is 2. The maximum absolute atomic E-state index is 10.5. The SMILES string of the molecule is [2H]C([2H])(CCCCC([2H])([2H])OCCCCc1ccccc1)NC([2H])([2H])C(O)c1ccc(O)c(C([2H])([2H])O)c1. The predicted octanol–water partition coefficient (Wildman–Crippen LogP) is 4.11. The van der Waals surface area contributed by atoms with Crippen molar-refractivity contribution in [2.45, 2.75) is 57.6 Å². The second kappa shape index (κ2) is 15.0. The average molecular weight is 424 g/mol. The van der Waals surface area contributed by atoms with Gasteiger partial charge >= 0.3 is 0 Å². The molecule has 0 aliphatic rings. The Labute approximate surface area is 192 Å². The lowest BCUT2D eigenvalue weighted by Crippen LogP contribution is -2.22. The highest BCUT2D eigenvalue weighted by molar-refractivity contribution is 5.36. The van der Waals surface area contributed by atoms with Crippen molar-refractivity contribution in [3.63, 3.8) is 0 Å². The molecule has 0 saturated heterocycles. The van der Waals surface area contributed by atoms with Gasteiger partial charge in [-0.05, 0) is 61.9 Å². The van der Waals surface area contributed by atoms with Crippen LogP contribution in [0.2, 0.25) is 0 Å². The topological polar surface area (TPSA) is 82.0 Å². The first-order chi connectivity index (χ1) is 17.5. The zero-order valence-electron chi connectivity index (χ0n) is 25.1. The Bertz CT molecular complexity index is 1000. The molecule has 5 heteroatoms. The number of hydrogen-bond acceptors (Lipinski definition) is 5.